The molecule has 0 aliphatic carbocycles. The Morgan fingerprint density at radius 2 is 1.07 bits per heavy atom. The Morgan fingerprint density at radius 1 is 0.667 bits per heavy atom. The quantitative estimate of drug-likeness (QED) is 0.796. The predicted molar refractivity (Wildman–Crippen MR) is 66.2 cm³/mol. The van der Waals surface area contributed by atoms with Gasteiger partial charge in [-0.25, -0.2) is 0 Å². The summed E-state index contributed by atoms with van der Waals surface area (Å²) in [6.45, 7) is 0. The maximum atomic E-state index is 6.02. The molecular weight excluding hydrogens is 229 g/mol. The number of benzene rings is 2. The number of hydrogen-bond acceptors (Lipinski definition) is 1. The normalized spacial score (nSPS) is 10.0. The first-order chi connectivity index (χ1) is 7.27. The Morgan fingerprint density at radius 3 is 1.47 bits per heavy atom. The lowest BCUT2D eigenvalue weighted by molar-refractivity contribution is 1.55. The molecule has 2 aromatic rings. The van der Waals surface area contributed by atoms with Gasteiger partial charge in [0.15, 0.2) is 0 Å². The lowest BCUT2D eigenvalue weighted by Gasteiger charge is -2.09. The average Bonchev–Trinajstić information content (AvgIpc) is 2.24. The van der Waals surface area contributed by atoms with Crippen LogP contribution in [-0.2, 0) is 0 Å². The molecule has 0 aliphatic rings. The van der Waals surface area contributed by atoms with Gasteiger partial charge in [-0.2, -0.15) is 0 Å². The van der Waals surface area contributed by atoms with Crippen molar-refractivity contribution in [1.29, 1.82) is 0 Å². The molecule has 0 bridgehead atoms. The molecule has 0 amide bonds. The Bertz CT molecular complexity index is 425. The van der Waals surface area contributed by atoms with Gasteiger partial charge in [0.05, 0.1) is 21.4 Å². The van der Waals surface area contributed by atoms with Gasteiger partial charge < -0.3 is 5.32 Å². The van der Waals surface area contributed by atoms with E-state index in [1.807, 2.05) is 48.5 Å². The number of anilines is 2. The minimum Gasteiger partial charge on any atom is -0.353 e. The van der Waals surface area contributed by atoms with Crippen molar-refractivity contribution in [3.8, 4) is 0 Å². The summed E-state index contributed by atoms with van der Waals surface area (Å²) in [4.78, 5) is 0. The van der Waals surface area contributed by atoms with E-state index in [0.717, 1.165) is 11.4 Å². The zero-order valence-corrected chi connectivity index (χ0v) is 9.39. The van der Waals surface area contributed by atoms with Crippen molar-refractivity contribution in [2.75, 3.05) is 5.32 Å². The van der Waals surface area contributed by atoms with E-state index in [1.165, 1.54) is 0 Å². The largest absolute Gasteiger partial charge is 0.353 e. The van der Waals surface area contributed by atoms with Crippen LogP contribution >= 0.6 is 23.2 Å². The van der Waals surface area contributed by atoms with Gasteiger partial charge in [0, 0.05) is 0 Å². The van der Waals surface area contributed by atoms with Gasteiger partial charge in [-0.05, 0) is 24.3 Å². The van der Waals surface area contributed by atoms with Crippen LogP contribution in [0.15, 0.2) is 48.5 Å². The zero-order chi connectivity index (χ0) is 10.7. The van der Waals surface area contributed by atoms with E-state index in [0.29, 0.717) is 10.0 Å². The highest BCUT2D eigenvalue weighted by Gasteiger charge is 2.01. The third-order valence-electron chi connectivity index (χ3n) is 2.02. The molecule has 0 radical (unpaired) electrons. The minimum atomic E-state index is 0.678. The number of rotatable bonds is 2. The van der Waals surface area contributed by atoms with Gasteiger partial charge in [0.1, 0.15) is 0 Å². The summed E-state index contributed by atoms with van der Waals surface area (Å²) < 4.78 is 0. The van der Waals surface area contributed by atoms with Gasteiger partial charge in [-0.3, -0.25) is 0 Å². The second-order valence-electron chi connectivity index (χ2n) is 3.08. The summed E-state index contributed by atoms with van der Waals surface area (Å²) in [5.74, 6) is 0. The summed E-state index contributed by atoms with van der Waals surface area (Å²) >= 11 is 12.0. The molecule has 0 fully saturated rings. The highest BCUT2D eigenvalue weighted by atomic mass is 35.5. The molecule has 0 heterocycles. The molecule has 0 saturated heterocycles. The first-order valence-electron chi connectivity index (χ1n) is 4.53. The first-order valence-corrected chi connectivity index (χ1v) is 5.29. The van der Waals surface area contributed by atoms with Crippen molar-refractivity contribution in [3.63, 3.8) is 0 Å². The van der Waals surface area contributed by atoms with E-state index in [-0.39, 0.29) is 0 Å². The molecule has 0 spiro atoms. The van der Waals surface area contributed by atoms with Crippen molar-refractivity contribution in [2.45, 2.75) is 0 Å². The smallest absolute Gasteiger partial charge is 0.0640 e. The van der Waals surface area contributed by atoms with Crippen molar-refractivity contribution in [3.05, 3.63) is 58.6 Å². The SMILES string of the molecule is Clc1ccccc1Nc1ccccc1Cl. The van der Waals surface area contributed by atoms with Crippen LogP contribution < -0.4 is 5.32 Å². The van der Waals surface area contributed by atoms with Crippen LogP contribution in [0.2, 0.25) is 10.0 Å². The number of halogens is 2. The summed E-state index contributed by atoms with van der Waals surface area (Å²) in [6.07, 6.45) is 0. The minimum absolute atomic E-state index is 0.678. The Hall–Kier alpha value is -1.18. The first kappa shape index (κ1) is 10.3. The highest BCUT2D eigenvalue weighted by molar-refractivity contribution is 6.34. The van der Waals surface area contributed by atoms with Gasteiger partial charge >= 0.3 is 0 Å². The summed E-state index contributed by atoms with van der Waals surface area (Å²) in [7, 11) is 0. The van der Waals surface area contributed by atoms with E-state index in [2.05, 4.69) is 5.32 Å². The van der Waals surface area contributed by atoms with Crippen molar-refractivity contribution < 1.29 is 0 Å². The Balaban J connectivity index is 2.30. The van der Waals surface area contributed by atoms with Crippen LogP contribution in [0.5, 0.6) is 0 Å². The molecule has 3 heteroatoms. The Kier molecular flexibility index (Phi) is 3.14. The standard InChI is InChI=1S/C12H9Cl2N/c13-9-5-1-3-7-11(9)15-12-8-4-2-6-10(12)14/h1-8,15H. The van der Waals surface area contributed by atoms with E-state index >= 15 is 0 Å². The van der Waals surface area contributed by atoms with Gasteiger partial charge in [0.2, 0.25) is 0 Å². The molecule has 1 nitrogen and oxygen atoms in total. The van der Waals surface area contributed by atoms with Crippen molar-refractivity contribution in [1.82, 2.24) is 0 Å². The van der Waals surface area contributed by atoms with Crippen molar-refractivity contribution >= 4 is 34.6 Å². The molecular formula is C12H9Cl2N. The monoisotopic (exact) mass is 237 g/mol. The van der Waals surface area contributed by atoms with Crippen LogP contribution in [0.25, 0.3) is 0 Å². The van der Waals surface area contributed by atoms with E-state index < -0.39 is 0 Å². The molecule has 1 N–H and O–H groups in total. The number of para-hydroxylation sites is 2. The van der Waals surface area contributed by atoms with E-state index in [9.17, 15) is 0 Å². The summed E-state index contributed by atoms with van der Waals surface area (Å²) in [5.41, 5.74) is 1.71. The number of nitrogens with one attached hydrogen (secondary N) is 1. The highest BCUT2D eigenvalue weighted by Crippen LogP contribution is 2.28. The fraction of sp³-hybridized carbons (Fsp3) is 0. The molecule has 2 rings (SSSR count). The van der Waals surface area contributed by atoms with E-state index in [4.69, 9.17) is 23.2 Å². The summed E-state index contributed by atoms with van der Waals surface area (Å²) in [5, 5.41) is 4.53. The van der Waals surface area contributed by atoms with Crippen LogP contribution in [-0.4, -0.2) is 0 Å². The van der Waals surface area contributed by atoms with Crippen LogP contribution in [0.1, 0.15) is 0 Å². The molecule has 76 valence electrons. The molecule has 0 unspecified atom stereocenters. The lowest BCUT2D eigenvalue weighted by atomic mass is 10.2. The maximum Gasteiger partial charge on any atom is 0.0640 e. The molecule has 0 saturated carbocycles. The lowest BCUT2D eigenvalue weighted by Crippen LogP contribution is -1.91. The topological polar surface area (TPSA) is 12.0 Å². The molecule has 15 heavy (non-hydrogen) atoms. The molecule has 0 aliphatic heterocycles. The predicted octanol–water partition coefficient (Wildman–Crippen LogP) is 4.74. The van der Waals surface area contributed by atoms with Gasteiger partial charge in [0.25, 0.3) is 0 Å². The number of hydrogen-bond donors (Lipinski definition) is 1. The molecule has 0 atom stereocenters. The van der Waals surface area contributed by atoms with Crippen LogP contribution in [0.3, 0.4) is 0 Å². The summed E-state index contributed by atoms with van der Waals surface area (Å²) in [6, 6.07) is 15.1. The third kappa shape index (κ3) is 2.44. The van der Waals surface area contributed by atoms with E-state index in [1.54, 1.807) is 0 Å². The molecule has 2 aromatic carbocycles. The van der Waals surface area contributed by atoms with Gasteiger partial charge in [-0.15, -0.1) is 0 Å². The third-order valence-corrected chi connectivity index (χ3v) is 2.68. The second-order valence-corrected chi connectivity index (χ2v) is 3.90. The Labute approximate surface area is 98.6 Å². The van der Waals surface area contributed by atoms with Crippen LogP contribution in [0.4, 0.5) is 11.4 Å². The fourth-order valence-corrected chi connectivity index (χ4v) is 1.64. The average molecular weight is 238 g/mol. The van der Waals surface area contributed by atoms with Crippen molar-refractivity contribution in [2.24, 2.45) is 0 Å². The second kappa shape index (κ2) is 4.56. The molecule has 0 aromatic heterocycles. The fourth-order valence-electron chi connectivity index (χ4n) is 1.27. The van der Waals surface area contributed by atoms with Crippen LogP contribution in [0, 0.1) is 0 Å². The zero-order valence-electron chi connectivity index (χ0n) is 7.87. The van der Waals surface area contributed by atoms with Gasteiger partial charge in [-0.1, -0.05) is 47.5 Å². The maximum absolute atomic E-state index is 6.02.